The highest BCUT2D eigenvalue weighted by Crippen LogP contribution is 2.56. The van der Waals surface area contributed by atoms with Crippen molar-refractivity contribution in [3.63, 3.8) is 0 Å². The molecule has 0 radical (unpaired) electrons. The lowest BCUT2D eigenvalue weighted by atomic mass is 9.81. The van der Waals surface area contributed by atoms with Crippen LogP contribution < -0.4 is 4.90 Å². The van der Waals surface area contributed by atoms with Gasteiger partial charge in [0, 0.05) is 49.6 Å². The minimum absolute atomic E-state index is 0.142. The van der Waals surface area contributed by atoms with Crippen molar-refractivity contribution in [2.75, 3.05) is 4.90 Å². The molecule has 1 aliphatic carbocycles. The number of thiophene rings is 1. The molecular formula is C45H34N2S. The Bertz CT molecular complexity index is 2790. The van der Waals surface area contributed by atoms with Crippen molar-refractivity contribution in [2.24, 2.45) is 7.05 Å². The summed E-state index contributed by atoms with van der Waals surface area (Å²) >= 11 is 1.89. The Labute approximate surface area is 284 Å². The van der Waals surface area contributed by atoms with Gasteiger partial charge in [-0.15, -0.1) is 11.3 Å². The number of benzene rings is 7. The normalized spacial score (nSPS) is 13.6. The van der Waals surface area contributed by atoms with Crippen LogP contribution in [0.4, 0.5) is 17.1 Å². The molecule has 0 bridgehead atoms. The van der Waals surface area contributed by atoms with Gasteiger partial charge in [-0.25, -0.2) is 0 Å². The van der Waals surface area contributed by atoms with Crippen molar-refractivity contribution in [1.82, 2.24) is 4.57 Å². The lowest BCUT2D eigenvalue weighted by Gasteiger charge is -2.31. The van der Waals surface area contributed by atoms with Crippen LogP contribution in [-0.2, 0) is 12.5 Å². The zero-order chi connectivity index (χ0) is 32.3. The third-order valence-electron chi connectivity index (χ3n) is 10.8. The van der Waals surface area contributed by atoms with Gasteiger partial charge in [-0.3, -0.25) is 0 Å². The molecule has 230 valence electrons. The first-order valence-corrected chi connectivity index (χ1v) is 17.6. The lowest BCUT2D eigenvalue weighted by molar-refractivity contribution is 0.660. The fourth-order valence-corrected chi connectivity index (χ4v) is 9.76. The predicted octanol–water partition coefficient (Wildman–Crippen LogP) is 12.9. The first-order chi connectivity index (χ1) is 23.4. The van der Waals surface area contributed by atoms with Gasteiger partial charge in [0.25, 0.3) is 0 Å². The fraction of sp³-hybridized carbons (Fsp3) is 0.111. The summed E-state index contributed by atoms with van der Waals surface area (Å²) in [6.45, 7) is 7.01. The topological polar surface area (TPSA) is 8.17 Å². The maximum absolute atomic E-state index is 2.58. The predicted molar refractivity (Wildman–Crippen MR) is 208 cm³/mol. The van der Waals surface area contributed by atoms with Crippen molar-refractivity contribution in [2.45, 2.75) is 26.2 Å². The SMILES string of the molecule is Cc1ccc2c(c1)C(C)(C)c1cc(N(c3cccc4c3sc3ccccc34)c3cccc4c5ccccc5n(C)c34)c3ccccc3c1-2. The number of para-hydroxylation sites is 2. The second-order valence-corrected chi connectivity index (χ2v) is 14.9. The molecule has 0 aliphatic heterocycles. The van der Waals surface area contributed by atoms with Crippen molar-refractivity contribution in [1.29, 1.82) is 0 Å². The van der Waals surface area contributed by atoms with E-state index < -0.39 is 0 Å². The van der Waals surface area contributed by atoms with E-state index in [0.717, 1.165) is 0 Å². The summed E-state index contributed by atoms with van der Waals surface area (Å²) in [4.78, 5) is 2.58. The molecule has 10 rings (SSSR count). The number of hydrogen-bond donors (Lipinski definition) is 0. The molecule has 0 fully saturated rings. The molecule has 0 amide bonds. The van der Waals surface area contributed by atoms with Crippen LogP contribution in [0.25, 0.3) is 63.9 Å². The first kappa shape index (κ1) is 27.7. The van der Waals surface area contributed by atoms with Crippen LogP contribution in [0.3, 0.4) is 0 Å². The van der Waals surface area contributed by atoms with E-state index in [4.69, 9.17) is 0 Å². The standard InChI is InChI=1S/C45H34N2S/c1-27-23-24-34-35(25-27)45(2,3)36-26-40(28-13-5-6-16-31(28)42(34)36)47(39-21-12-18-33-30-15-8-10-22-41(30)48-44(33)39)38-20-11-17-32-29-14-7-9-19-37(29)46(4)43(32)38/h5-26H,1-4H3. The highest BCUT2D eigenvalue weighted by Gasteiger charge is 2.38. The molecule has 0 atom stereocenters. The molecule has 1 aliphatic rings. The maximum atomic E-state index is 2.58. The highest BCUT2D eigenvalue weighted by molar-refractivity contribution is 7.26. The van der Waals surface area contributed by atoms with E-state index in [1.54, 1.807) is 0 Å². The zero-order valence-electron chi connectivity index (χ0n) is 27.5. The second kappa shape index (κ2) is 9.82. The van der Waals surface area contributed by atoms with Crippen LogP contribution in [0.1, 0.15) is 30.5 Å². The van der Waals surface area contributed by atoms with Gasteiger partial charge in [-0.05, 0) is 64.9 Å². The molecule has 3 heteroatoms. The number of fused-ring (bicyclic) bond motifs is 11. The maximum Gasteiger partial charge on any atom is 0.0733 e. The zero-order valence-corrected chi connectivity index (χ0v) is 28.3. The average molecular weight is 635 g/mol. The number of rotatable bonds is 3. The minimum Gasteiger partial charge on any atom is -0.342 e. The second-order valence-electron chi connectivity index (χ2n) is 13.9. The van der Waals surface area contributed by atoms with E-state index in [0.29, 0.717) is 0 Å². The molecule has 2 heterocycles. The first-order valence-electron chi connectivity index (χ1n) is 16.8. The van der Waals surface area contributed by atoms with Crippen molar-refractivity contribution in [3.05, 3.63) is 150 Å². The Balaban J connectivity index is 1.38. The van der Waals surface area contributed by atoms with Gasteiger partial charge in [0.1, 0.15) is 0 Å². The number of anilines is 3. The fourth-order valence-electron chi connectivity index (χ4n) is 8.56. The summed E-state index contributed by atoms with van der Waals surface area (Å²) in [5, 5.41) is 7.73. The number of aryl methyl sites for hydroxylation is 2. The third-order valence-corrected chi connectivity index (χ3v) is 12.0. The third kappa shape index (κ3) is 3.63. The Kier molecular flexibility index (Phi) is 5.67. The van der Waals surface area contributed by atoms with Crippen molar-refractivity contribution in [3.8, 4) is 11.1 Å². The summed E-state index contributed by atoms with van der Waals surface area (Å²) < 4.78 is 5.00. The summed E-state index contributed by atoms with van der Waals surface area (Å²) in [7, 11) is 2.22. The van der Waals surface area contributed by atoms with E-state index >= 15 is 0 Å². The number of hydrogen-bond acceptors (Lipinski definition) is 2. The van der Waals surface area contributed by atoms with Crippen LogP contribution in [0, 0.1) is 6.92 Å². The van der Waals surface area contributed by atoms with Crippen LogP contribution in [0.15, 0.2) is 133 Å². The van der Waals surface area contributed by atoms with Crippen LogP contribution >= 0.6 is 11.3 Å². The van der Waals surface area contributed by atoms with Crippen molar-refractivity contribution < 1.29 is 0 Å². The average Bonchev–Trinajstić information content (AvgIpc) is 3.71. The van der Waals surface area contributed by atoms with Crippen molar-refractivity contribution >= 4 is 81.1 Å². The molecule has 9 aromatic rings. The number of nitrogens with zero attached hydrogens (tertiary/aromatic N) is 2. The minimum atomic E-state index is -0.142. The molecule has 7 aromatic carbocycles. The molecule has 0 unspecified atom stereocenters. The highest BCUT2D eigenvalue weighted by atomic mass is 32.1. The van der Waals surface area contributed by atoms with Gasteiger partial charge in [0.15, 0.2) is 0 Å². The Morgan fingerprint density at radius 2 is 1.23 bits per heavy atom. The lowest BCUT2D eigenvalue weighted by Crippen LogP contribution is -2.17. The Hall–Kier alpha value is -5.38. The van der Waals surface area contributed by atoms with Gasteiger partial charge in [0.2, 0.25) is 0 Å². The van der Waals surface area contributed by atoms with Gasteiger partial charge < -0.3 is 9.47 Å². The van der Waals surface area contributed by atoms with Crippen LogP contribution in [0.5, 0.6) is 0 Å². The van der Waals surface area contributed by atoms with E-state index in [9.17, 15) is 0 Å². The Morgan fingerprint density at radius 3 is 2.06 bits per heavy atom. The number of aromatic nitrogens is 1. The summed E-state index contributed by atoms with van der Waals surface area (Å²) in [5.74, 6) is 0. The quantitative estimate of drug-likeness (QED) is 0.188. The molecule has 2 aromatic heterocycles. The largest absolute Gasteiger partial charge is 0.342 e. The summed E-state index contributed by atoms with van der Waals surface area (Å²) in [5.41, 5.74) is 12.8. The summed E-state index contributed by atoms with van der Waals surface area (Å²) in [6.07, 6.45) is 0. The molecule has 2 nitrogen and oxygen atoms in total. The smallest absolute Gasteiger partial charge is 0.0733 e. The molecule has 48 heavy (non-hydrogen) atoms. The van der Waals surface area contributed by atoms with Crippen LogP contribution in [-0.4, -0.2) is 4.57 Å². The van der Waals surface area contributed by atoms with Crippen LogP contribution in [0.2, 0.25) is 0 Å². The van der Waals surface area contributed by atoms with E-state index in [2.05, 4.69) is 171 Å². The molecule has 0 saturated heterocycles. The Morgan fingerprint density at radius 1 is 0.562 bits per heavy atom. The van der Waals surface area contributed by atoms with Gasteiger partial charge in [-0.1, -0.05) is 123 Å². The van der Waals surface area contributed by atoms with Gasteiger partial charge >= 0.3 is 0 Å². The van der Waals surface area contributed by atoms with Gasteiger partial charge in [0.05, 0.1) is 27.3 Å². The van der Waals surface area contributed by atoms with Gasteiger partial charge in [-0.2, -0.15) is 0 Å². The molecule has 0 saturated carbocycles. The molecule has 0 N–H and O–H groups in total. The molecular weight excluding hydrogens is 601 g/mol. The monoisotopic (exact) mass is 634 g/mol. The molecule has 0 spiro atoms. The van der Waals surface area contributed by atoms with E-state index in [-0.39, 0.29) is 5.41 Å². The van der Waals surface area contributed by atoms with E-state index in [1.165, 1.54) is 97.6 Å². The summed E-state index contributed by atoms with van der Waals surface area (Å²) in [6, 6.07) is 49.9. The van der Waals surface area contributed by atoms with E-state index in [1.807, 2.05) is 11.3 Å².